The minimum absolute atomic E-state index is 0.0680. The zero-order valence-corrected chi connectivity index (χ0v) is 15.6. The Hall–Kier alpha value is -3.11. The lowest BCUT2D eigenvalue weighted by Crippen LogP contribution is -2.52. The van der Waals surface area contributed by atoms with Crippen LogP contribution in [0.4, 0.5) is 19.5 Å². The first kappa shape index (κ1) is 19.6. The maximum absolute atomic E-state index is 12.5. The Morgan fingerprint density at radius 1 is 1.25 bits per heavy atom. The SMILES string of the molecule is COc1ccc(CNC(=O)N2CCN(c3nncn3C)CC2)cc1OC(F)F. The van der Waals surface area contributed by atoms with Crippen LogP contribution in [0, 0.1) is 0 Å². The molecule has 1 aliphatic heterocycles. The molecule has 1 aromatic carbocycles. The van der Waals surface area contributed by atoms with Crippen molar-refractivity contribution in [1.29, 1.82) is 0 Å². The number of hydrogen-bond donors (Lipinski definition) is 1. The number of urea groups is 1. The maximum atomic E-state index is 12.5. The van der Waals surface area contributed by atoms with Crippen LogP contribution in [0.15, 0.2) is 24.5 Å². The van der Waals surface area contributed by atoms with Gasteiger partial charge in [-0.2, -0.15) is 8.78 Å². The molecule has 2 aromatic rings. The van der Waals surface area contributed by atoms with Crippen LogP contribution in [0.25, 0.3) is 0 Å². The minimum atomic E-state index is -2.95. The number of aromatic nitrogens is 3. The Kier molecular flexibility index (Phi) is 6.12. The van der Waals surface area contributed by atoms with E-state index in [1.54, 1.807) is 17.3 Å². The first-order valence-electron chi connectivity index (χ1n) is 8.71. The summed E-state index contributed by atoms with van der Waals surface area (Å²) in [5.74, 6) is 0.904. The number of methoxy groups -OCH3 is 1. The van der Waals surface area contributed by atoms with E-state index >= 15 is 0 Å². The van der Waals surface area contributed by atoms with Crippen molar-refractivity contribution in [2.45, 2.75) is 13.2 Å². The molecule has 2 heterocycles. The van der Waals surface area contributed by atoms with Gasteiger partial charge < -0.3 is 29.2 Å². The van der Waals surface area contributed by atoms with E-state index in [1.807, 2.05) is 11.6 Å². The molecule has 0 bridgehead atoms. The molecule has 0 radical (unpaired) electrons. The number of carbonyl (C=O) groups is 1. The molecule has 1 saturated heterocycles. The molecular formula is C17H22F2N6O3. The fourth-order valence-electron chi connectivity index (χ4n) is 2.98. The average molecular weight is 396 g/mol. The van der Waals surface area contributed by atoms with Crippen molar-refractivity contribution >= 4 is 12.0 Å². The van der Waals surface area contributed by atoms with Crippen LogP contribution in [-0.4, -0.2) is 65.6 Å². The highest BCUT2D eigenvalue weighted by atomic mass is 19.3. The third kappa shape index (κ3) is 4.59. The predicted molar refractivity (Wildman–Crippen MR) is 96.7 cm³/mol. The second-order valence-corrected chi connectivity index (χ2v) is 6.24. The molecule has 152 valence electrons. The number of carbonyl (C=O) groups excluding carboxylic acids is 1. The summed E-state index contributed by atoms with van der Waals surface area (Å²) in [5, 5.41) is 10.7. The first-order valence-corrected chi connectivity index (χ1v) is 8.71. The smallest absolute Gasteiger partial charge is 0.387 e. The Morgan fingerprint density at radius 2 is 2.00 bits per heavy atom. The monoisotopic (exact) mass is 396 g/mol. The molecule has 2 amide bonds. The summed E-state index contributed by atoms with van der Waals surface area (Å²) in [6, 6.07) is 4.42. The molecule has 1 N–H and O–H groups in total. The van der Waals surface area contributed by atoms with E-state index in [0.29, 0.717) is 31.7 Å². The number of benzene rings is 1. The lowest BCUT2D eigenvalue weighted by molar-refractivity contribution is -0.0512. The fraction of sp³-hybridized carbons (Fsp3) is 0.471. The molecule has 0 aliphatic carbocycles. The number of nitrogens with one attached hydrogen (secondary N) is 1. The van der Waals surface area contributed by atoms with Gasteiger partial charge in [-0.15, -0.1) is 10.2 Å². The van der Waals surface area contributed by atoms with Gasteiger partial charge in [0.1, 0.15) is 6.33 Å². The van der Waals surface area contributed by atoms with E-state index < -0.39 is 6.61 Å². The Labute approximate surface area is 160 Å². The number of piperazine rings is 1. The third-order valence-corrected chi connectivity index (χ3v) is 4.43. The largest absolute Gasteiger partial charge is 0.493 e. The molecule has 11 heteroatoms. The number of halogens is 2. The second kappa shape index (κ2) is 8.72. The van der Waals surface area contributed by atoms with Crippen molar-refractivity contribution in [2.75, 3.05) is 38.2 Å². The molecule has 9 nitrogen and oxygen atoms in total. The number of amides is 2. The van der Waals surface area contributed by atoms with E-state index in [-0.39, 0.29) is 24.1 Å². The number of rotatable bonds is 6. The number of alkyl halides is 2. The predicted octanol–water partition coefficient (Wildman–Crippen LogP) is 1.46. The summed E-state index contributed by atoms with van der Waals surface area (Å²) in [6.45, 7) is -0.387. The summed E-state index contributed by atoms with van der Waals surface area (Å²) in [5.41, 5.74) is 0.627. The average Bonchev–Trinajstić information content (AvgIpc) is 3.12. The zero-order chi connectivity index (χ0) is 20.1. The highest BCUT2D eigenvalue weighted by molar-refractivity contribution is 5.74. The Morgan fingerprint density at radius 3 is 2.61 bits per heavy atom. The Balaban J connectivity index is 1.53. The molecule has 1 aromatic heterocycles. The quantitative estimate of drug-likeness (QED) is 0.796. The number of nitrogens with zero attached hydrogens (tertiary/aromatic N) is 5. The van der Waals surface area contributed by atoms with E-state index in [4.69, 9.17) is 4.74 Å². The van der Waals surface area contributed by atoms with Crippen LogP contribution in [-0.2, 0) is 13.6 Å². The van der Waals surface area contributed by atoms with Gasteiger partial charge in [-0.25, -0.2) is 4.79 Å². The number of aryl methyl sites for hydroxylation is 1. The second-order valence-electron chi connectivity index (χ2n) is 6.24. The molecule has 28 heavy (non-hydrogen) atoms. The molecule has 1 aliphatic rings. The van der Waals surface area contributed by atoms with Crippen molar-refractivity contribution < 1.29 is 23.0 Å². The van der Waals surface area contributed by atoms with Crippen molar-refractivity contribution in [3.05, 3.63) is 30.1 Å². The van der Waals surface area contributed by atoms with Crippen LogP contribution in [0.2, 0.25) is 0 Å². The molecule has 0 saturated carbocycles. The molecular weight excluding hydrogens is 374 g/mol. The van der Waals surface area contributed by atoms with Crippen LogP contribution in [0.5, 0.6) is 11.5 Å². The van der Waals surface area contributed by atoms with E-state index in [1.165, 1.54) is 19.2 Å². The topological polar surface area (TPSA) is 84.8 Å². The normalized spacial score (nSPS) is 14.3. The summed E-state index contributed by atoms with van der Waals surface area (Å²) >= 11 is 0. The molecule has 1 fully saturated rings. The van der Waals surface area contributed by atoms with Gasteiger partial charge in [-0.05, 0) is 17.7 Å². The highest BCUT2D eigenvalue weighted by Gasteiger charge is 2.23. The van der Waals surface area contributed by atoms with Gasteiger partial charge in [0.15, 0.2) is 11.5 Å². The van der Waals surface area contributed by atoms with Crippen LogP contribution >= 0.6 is 0 Å². The summed E-state index contributed by atoms with van der Waals surface area (Å²) < 4.78 is 36.3. The van der Waals surface area contributed by atoms with Gasteiger partial charge in [0.05, 0.1) is 7.11 Å². The van der Waals surface area contributed by atoms with Crippen LogP contribution < -0.4 is 19.7 Å². The highest BCUT2D eigenvalue weighted by Crippen LogP contribution is 2.29. The van der Waals surface area contributed by atoms with Gasteiger partial charge in [0, 0.05) is 39.8 Å². The third-order valence-electron chi connectivity index (χ3n) is 4.43. The summed E-state index contributed by atoms with van der Waals surface area (Å²) in [7, 11) is 3.24. The summed E-state index contributed by atoms with van der Waals surface area (Å²) in [6.07, 6.45) is 1.63. The van der Waals surface area contributed by atoms with Gasteiger partial charge in [-0.3, -0.25) is 0 Å². The van der Waals surface area contributed by atoms with Gasteiger partial charge in [0.25, 0.3) is 0 Å². The molecule has 0 spiro atoms. The van der Waals surface area contributed by atoms with Crippen LogP contribution in [0.3, 0.4) is 0 Å². The standard InChI is InChI=1S/C17H22F2N6O3/c1-23-11-21-22-16(23)24-5-7-25(8-6-24)17(26)20-10-12-3-4-13(27-2)14(9-12)28-15(18)19/h3-4,9,11,15H,5-8,10H2,1-2H3,(H,20,26). The van der Waals surface area contributed by atoms with Crippen molar-refractivity contribution in [3.8, 4) is 11.5 Å². The molecule has 0 unspecified atom stereocenters. The van der Waals surface area contributed by atoms with E-state index in [9.17, 15) is 13.6 Å². The fourth-order valence-corrected chi connectivity index (χ4v) is 2.98. The molecule has 0 atom stereocenters. The van der Waals surface area contributed by atoms with Gasteiger partial charge in [0.2, 0.25) is 5.95 Å². The zero-order valence-electron chi connectivity index (χ0n) is 15.6. The van der Waals surface area contributed by atoms with Crippen molar-refractivity contribution in [3.63, 3.8) is 0 Å². The van der Waals surface area contributed by atoms with Gasteiger partial charge in [-0.1, -0.05) is 6.07 Å². The Bertz CT molecular complexity index is 808. The van der Waals surface area contributed by atoms with E-state index in [2.05, 4.69) is 25.2 Å². The van der Waals surface area contributed by atoms with Crippen molar-refractivity contribution in [1.82, 2.24) is 25.0 Å². The lowest BCUT2D eigenvalue weighted by Gasteiger charge is -2.34. The minimum Gasteiger partial charge on any atom is -0.493 e. The van der Waals surface area contributed by atoms with E-state index in [0.717, 1.165) is 5.95 Å². The summed E-state index contributed by atoms with van der Waals surface area (Å²) in [4.78, 5) is 16.2. The first-order chi connectivity index (χ1) is 13.5. The van der Waals surface area contributed by atoms with Crippen molar-refractivity contribution in [2.24, 2.45) is 7.05 Å². The van der Waals surface area contributed by atoms with Crippen LogP contribution in [0.1, 0.15) is 5.56 Å². The van der Waals surface area contributed by atoms with Gasteiger partial charge >= 0.3 is 12.6 Å². The maximum Gasteiger partial charge on any atom is 0.387 e. The molecule has 3 rings (SSSR count). The number of hydrogen-bond acceptors (Lipinski definition) is 6. The number of anilines is 1. The lowest BCUT2D eigenvalue weighted by atomic mass is 10.2. The number of ether oxygens (including phenoxy) is 2.